The molecule has 0 aliphatic heterocycles. The van der Waals surface area contributed by atoms with Crippen molar-refractivity contribution in [1.82, 2.24) is 0 Å². The number of phenolic OH excluding ortho intramolecular Hbond substituents is 1. The molecule has 0 unspecified atom stereocenters. The summed E-state index contributed by atoms with van der Waals surface area (Å²) in [4.78, 5) is 0. The van der Waals surface area contributed by atoms with E-state index in [0.717, 1.165) is 5.56 Å². The SMILES string of the molecule is Cc1cccc(N)c1O.Cl. The van der Waals surface area contributed by atoms with Crippen molar-refractivity contribution in [3.05, 3.63) is 23.8 Å². The molecule has 3 heteroatoms. The quantitative estimate of drug-likeness (QED) is 0.447. The maximum absolute atomic E-state index is 9.08. The minimum absolute atomic E-state index is 0. The Balaban J connectivity index is 0.000000810. The standard InChI is InChI=1S/C7H9NO.ClH/c1-5-3-2-4-6(8)7(5)9;/h2-4,9H,8H2,1H3;1H. The van der Waals surface area contributed by atoms with Crippen LogP contribution in [0.15, 0.2) is 18.2 Å². The third kappa shape index (κ3) is 1.54. The zero-order valence-corrected chi connectivity index (χ0v) is 6.48. The third-order valence-corrected chi connectivity index (χ3v) is 1.27. The van der Waals surface area contributed by atoms with E-state index in [1.807, 2.05) is 19.1 Å². The molecule has 0 fully saturated rings. The van der Waals surface area contributed by atoms with E-state index < -0.39 is 0 Å². The molecule has 3 N–H and O–H groups in total. The lowest BCUT2D eigenvalue weighted by atomic mass is 10.2. The Labute approximate surface area is 66.1 Å². The zero-order valence-electron chi connectivity index (χ0n) is 5.66. The number of aromatic hydroxyl groups is 1. The highest BCUT2D eigenvalue weighted by Crippen LogP contribution is 2.22. The largest absolute Gasteiger partial charge is 0.506 e. The molecule has 10 heavy (non-hydrogen) atoms. The maximum atomic E-state index is 9.08. The molecule has 0 heterocycles. The molecule has 1 aromatic carbocycles. The number of hydrogen-bond acceptors (Lipinski definition) is 2. The first kappa shape index (κ1) is 9.11. The lowest BCUT2D eigenvalue weighted by Crippen LogP contribution is -1.85. The van der Waals surface area contributed by atoms with Crippen LogP contribution < -0.4 is 5.73 Å². The van der Waals surface area contributed by atoms with E-state index in [9.17, 15) is 0 Å². The lowest BCUT2D eigenvalue weighted by molar-refractivity contribution is 0.474. The van der Waals surface area contributed by atoms with Crippen LogP contribution in [0.4, 0.5) is 5.69 Å². The molecule has 56 valence electrons. The average Bonchev–Trinajstić information content (AvgIpc) is 1.83. The molecule has 0 bridgehead atoms. The van der Waals surface area contributed by atoms with Gasteiger partial charge in [-0.2, -0.15) is 0 Å². The topological polar surface area (TPSA) is 46.2 Å². The molecule has 0 aliphatic carbocycles. The Morgan fingerprint density at radius 1 is 1.40 bits per heavy atom. The molecule has 0 radical (unpaired) electrons. The van der Waals surface area contributed by atoms with Gasteiger partial charge in [0.1, 0.15) is 5.75 Å². The van der Waals surface area contributed by atoms with Gasteiger partial charge in [-0.1, -0.05) is 12.1 Å². The van der Waals surface area contributed by atoms with Crippen LogP contribution in [0.5, 0.6) is 5.75 Å². The number of halogens is 1. The second-order valence-corrected chi connectivity index (χ2v) is 2.01. The normalized spacial score (nSPS) is 8.50. The summed E-state index contributed by atoms with van der Waals surface area (Å²) >= 11 is 0. The number of aryl methyl sites for hydroxylation is 1. The first-order chi connectivity index (χ1) is 4.22. The minimum atomic E-state index is 0. The van der Waals surface area contributed by atoms with E-state index in [2.05, 4.69) is 0 Å². The van der Waals surface area contributed by atoms with E-state index in [0.29, 0.717) is 5.69 Å². The smallest absolute Gasteiger partial charge is 0.141 e. The van der Waals surface area contributed by atoms with Crippen LogP contribution in [-0.2, 0) is 0 Å². The molecular weight excluding hydrogens is 150 g/mol. The fourth-order valence-corrected chi connectivity index (χ4v) is 0.682. The number of phenols is 1. The fourth-order valence-electron chi connectivity index (χ4n) is 0.682. The van der Waals surface area contributed by atoms with Crippen LogP contribution in [0.3, 0.4) is 0 Å². The van der Waals surface area contributed by atoms with Crippen molar-refractivity contribution < 1.29 is 5.11 Å². The molecule has 0 spiro atoms. The zero-order chi connectivity index (χ0) is 6.85. The molecule has 0 aromatic heterocycles. The second-order valence-electron chi connectivity index (χ2n) is 2.01. The molecule has 0 amide bonds. The highest BCUT2D eigenvalue weighted by molar-refractivity contribution is 5.85. The molecule has 0 atom stereocenters. The third-order valence-electron chi connectivity index (χ3n) is 1.27. The predicted molar refractivity (Wildman–Crippen MR) is 44.5 cm³/mol. The number of anilines is 1. The van der Waals surface area contributed by atoms with Crippen LogP contribution >= 0.6 is 12.4 Å². The van der Waals surface area contributed by atoms with Gasteiger partial charge in [0.15, 0.2) is 0 Å². The number of hydrogen-bond donors (Lipinski definition) is 2. The van der Waals surface area contributed by atoms with Crippen molar-refractivity contribution >= 4 is 18.1 Å². The summed E-state index contributed by atoms with van der Waals surface area (Å²) in [6.07, 6.45) is 0. The van der Waals surface area contributed by atoms with Gasteiger partial charge in [-0.3, -0.25) is 0 Å². The number of nitrogen functional groups attached to an aromatic ring is 1. The Bertz CT molecular complexity index is 205. The van der Waals surface area contributed by atoms with Crippen LogP contribution in [0.1, 0.15) is 5.56 Å². The summed E-state index contributed by atoms with van der Waals surface area (Å²) in [6.45, 7) is 1.81. The predicted octanol–water partition coefficient (Wildman–Crippen LogP) is 1.70. The number of para-hydroxylation sites is 1. The van der Waals surface area contributed by atoms with Gasteiger partial charge in [-0.05, 0) is 18.6 Å². The van der Waals surface area contributed by atoms with Gasteiger partial charge >= 0.3 is 0 Å². The minimum Gasteiger partial charge on any atom is -0.506 e. The Morgan fingerprint density at radius 3 is 2.40 bits per heavy atom. The monoisotopic (exact) mass is 159 g/mol. The fraction of sp³-hybridized carbons (Fsp3) is 0.143. The van der Waals surface area contributed by atoms with Gasteiger partial charge in [0, 0.05) is 0 Å². The van der Waals surface area contributed by atoms with Crippen LogP contribution in [0.2, 0.25) is 0 Å². The van der Waals surface area contributed by atoms with Crippen molar-refractivity contribution in [2.75, 3.05) is 5.73 Å². The highest BCUT2D eigenvalue weighted by Gasteiger charge is 1.95. The summed E-state index contributed by atoms with van der Waals surface area (Å²) in [7, 11) is 0. The summed E-state index contributed by atoms with van der Waals surface area (Å²) in [5.41, 5.74) is 6.63. The molecule has 2 nitrogen and oxygen atoms in total. The van der Waals surface area contributed by atoms with Crippen molar-refractivity contribution in [2.45, 2.75) is 6.92 Å². The van der Waals surface area contributed by atoms with Crippen molar-refractivity contribution in [1.29, 1.82) is 0 Å². The van der Waals surface area contributed by atoms with Crippen LogP contribution in [-0.4, -0.2) is 5.11 Å². The summed E-state index contributed by atoms with van der Waals surface area (Å²) < 4.78 is 0. The maximum Gasteiger partial charge on any atom is 0.141 e. The molecular formula is C7H10ClNO. The van der Waals surface area contributed by atoms with E-state index >= 15 is 0 Å². The van der Waals surface area contributed by atoms with Gasteiger partial charge in [-0.25, -0.2) is 0 Å². The molecule has 0 aliphatic rings. The van der Waals surface area contributed by atoms with Gasteiger partial charge in [0.25, 0.3) is 0 Å². The molecule has 1 aromatic rings. The van der Waals surface area contributed by atoms with Gasteiger partial charge < -0.3 is 10.8 Å². The first-order valence-corrected chi connectivity index (χ1v) is 2.76. The Morgan fingerprint density at radius 2 is 2.00 bits per heavy atom. The van der Waals surface area contributed by atoms with E-state index in [4.69, 9.17) is 10.8 Å². The highest BCUT2D eigenvalue weighted by atomic mass is 35.5. The summed E-state index contributed by atoms with van der Waals surface area (Å²) in [6, 6.07) is 5.29. The van der Waals surface area contributed by atoms with E-state index in [-0.39, 0.29) is 18.2 Å². The number of nitrogens with two attached hydrogens (primary N) is 1. The summed E-state index contributed by atoms with van der Waals surface area (Å²) in [5, 5.41) is 9.08. The van der Waals surface area contributed by atoms with E-state index in [1.54, 1.807) is 6.07 Å². The lowest BCUT2D eigenvalue weighted by Gasteiger charge is -1.99. The van der Waals surface area contributed by atoms with Gasteiger partial charge in [0.2, 0.25) is 0 Å². The first-order valence-electron chi connectivity index (χ1n) is 2.76. The second kappa shape index (κ2) is 3.32. The van der Waals surface area contributed by atoms with Gasteiger partial charge in [-0.15, -0.1) is 12.4 Å². The number of benzene rings is 1. The molecule has 0 saturated carbocycles. The van der Waals surface area contributed by atoms with Gasteiger partial charge in [0.05, 0.1) is 5.69 Å². The van der Waals surface area contributed by atoms with Crippen molar-refractivity contribution in [2.24, 2.45) is 0 Å². The molecule has 1 rings (SSSR count). The molecule has 0 saturated heterocycles. The Kier molecular flexibility index (Phi) is 3.03. The van der Waals surface area contributed by atoms with Crippen molar-refractivity contribution in [3.8, 4) is 5.75 Å². The van der Waals surface area contributed by atoms with Crippen LogP contribution in [0, 0.1) is 6.92 Å². The van der Waals surface area contributed by atoms with E-state index in [1.165, 1.54) is 0 Å². The van der Waals surface area contributed by atoms with Crippen molar-refractivity contribution in [3.63, 3.8) is 0 Å². The Hall–Kier alpha value is -0.890. The average molecular weight is 160 g/mol. The van der Waals surface area contributed by atoms with Crippen LogP contribution in [0.25, 0.3) is 0 Å². The number of rotatable bonds is 0. The summed E-state index contributed by atoms with van der Waals surface area (Å²) in [5.74, 6) is 0.192.